The van der Waals surface area contributed by atoms with Crippen LogP contribution in [0.3, 0.4) is 0 Å². The van der Waals surface area contributed by atoms with E-state index in [0.29, 0.717) is 10.8 Å². The lowest BCUT2D eigenvalue weighted by molar-refractivity contribution is -0.118. The Morgan fingerprint density at radius 3 is 3.04 bits per heavy atom. The van der Waals surface area contributed by atoms with Crippen molar-refractivity contribution in [2.75, 3.05) is 5.32 Å². The Balaban J connectivity index is 1.55. The SMILES string of the molecule is CCc1nc2n(n1)CC(NC(C)C(=O)Nc1ccc(Cl)cn1)CC2. The Kier molecular flexibility index (Phi) is 5.11. The third-order valence-corrected chi connectivity index (χ3v) is 4.30. The summed E-state index contributed by atoms with van der Waals surface area (Å²) in [4.78, 5) is 20.9. The molecule has 7 nitrogen and oxygen atoms in total. The zero-order valence-electron chi connectivity index (χ0n) is 13.8. The Bertz CT molecular complexity index is 714. The van der Waals surface area contributed by atoms with Crippen molar-refractivity contribution in [3.05, 3.63) is 35.0 Å². The van der Waals surface area contributed by atoms with Crippen molar-refractivity contribution in [2.45, 2.75) is 51.7 Å². The number of nitrogens with one attached hydrogen (secondary N) is 2. The monoisotopic (exact) mass is 348 g/mol. The van der Waals surface area contributed by atoms with E-state index in [2.05, 4.69) is 25.7 Å². The largest absolute Gasteiger partial charge is 0.309 e. The second-order valence-corrected chi connectivity index (χ2v) is 6.39. The van der Waals surface area contributed by atoms with Gasteiger partial charge in [-0.15, -0.1) is 0 Å². The number of nitrogens with zero attached hydrogens (tertiary/aromatic N) is 4. The number of halogens is 1. The number of rotatable bonds is 5. The number of pyridine rings is 1. The number of hydrogen-bond acceptors (Lipinski definition) is 5. The van der Waals surface area contributed by atoms with E-state index >= 15 is 0 Å². The van der Waals surface area contributed by atoms with Crippen LogP contribution in [0.5, 0.6) is 0 Å². The minimum Gasteiger partial charge on any atom is -0.309 e. The van der Waals surface area contributed by atoms with Crippen LogP contribution in [0, 0.1) is 0 Å². The fourth-order valence-corrected chi connectivity index (χ4v) is 2.87. The number of anilines is 1. The molecule has 1 aliphatic heterocycles. The number of aromatic nitrogens is 4. The number of carbonyl (C=O) groups is 1. The van der Waals surface area contributed by atoms with Crippen molar-refractivity contribution in [2.24, 2.45) is 0 Å². The van der Waals surface area contributed by atoms with Crippen LogP contribution < -0.4 is 10.6 Å². The minimum atomic E-state index is -0.330. The summed E-state index contributed by atoms with van der Waals surface area (Å²) in [6.07, 6.45) is 4.16. The molecule has 2 unspecified atom stereocenters. The Morgan fingerprint density at radius 1 is 1.50 bits per heavy atom. The molecule has 0 saturated carbocycles. The summed E-state index contributed by atoms with van der Waals surface area (Å²) < 4.78 is 1.95. The van der Waals surface area contributed by atoms with Gasteiger partial charge in [0.25, 0.3) is 0 Å². The van der Waals surface area contributed by atoms with Crippen molar-refractivity contribution in [3.8, 4) is 0 Å². The lowest BCUT2D eigenvalue weighted by Gasteiger charge is -2.26. The van der Waals surface area contributed by atoms with Crippen molar-refractivity contribution >= 4 is 23.3 Å². The summed E-state index contributed by atoms with van der Waals surface area (Å²) in [5, 5.41) is 11.2. The molecule has 3 heterocycles. The van der Waals surface area contributed by atoms with E-state index in [0.717, 1.165) is 37.5 Å². The van der Waals surface area contributed by atoms with Gasteiger partial charge in [0.05, 0.1) is 17.6 Å². The molecule has 1 aliphatic rings. The van der Waals surface area contributed by atoms with Crippen LogP contribution >= 0.6 is 11.6 Å². The second kappa shape index (κ2) is 7.27. The maximum Gasteiger partial charge on any atom is 0.242 e. The highest BCUT2D eigenvalue weighted by Gasteiger charge is 2.24. The van der Waals surface area contributed by atoms with Gasteiger partial charge in [-0.25, -0.2) is 14.6 Å². The van der Waals surface area contributed by atoms with Crippen LogP contribution in [0.2, 0.25) is 5.02 Å². The highest BCUT2D eigenvalue weighted by molar-refractivity contribution is 6.30. The maximum absolute atomic E-state index is 12.3. The quantitative estimate of drug-likeness (QED) is 0.861. The molecule has 0 bridgehead atoms. The first kappa shape index (κ1) is 16.9. The molecule has 2 N–H and O–H groups in total. The average molecular weight is 349 g/mol. The normalized spacial score (nSPS) is 18.0. The van der Waals surface area contributed by atoms with Gasteiger partial charge in [-0.1, -0.05) is 18.5 Å². The van der Waals surface area contributed by atoms with Crippen LogP contribution in [-0.2, 0) is 24.2 Å². The molecule has 128 valence electrons. The smallest absolute Gasteiger partial charge is 0.242 e. The van der Waals surface area contributed by atoms with E-state index in [9.17, 15) is 4.79 Å². The molecule has 24 heavy (non-hydrogen) atoms. The molecular weight excluding hydrogens is 328 g/mol. The molecular formula is C16H21ClN6O. The highest BCUT2D eigenvalue weighted by atomic mass is 35.5. The zero-order chi connectivity index (χ0) is 17.1. The van der Waals surface area contributed by atoms with E-state index in [1.807, 2.05) is 18.5 Å². The molecule has 0 aromatic carbocycles. The zero-order valence-corrected chi connectivity index (χ0v) is 14.5. The molecule has 0 spiro atoms. The van der Waals surface area contributed by atoms with Gasteiger partial charge in [0.15, 0.2) is 5.82 Å². The second-order valence-electron chi connectivity index (χ2n) is 5.95. The fourth-order valence-electron chi connectivity index (χ4n) is 2.76. The van der Waals surface area contributed by atoms with Gasteiger partial charge < -0.3 is 10.6 Å². The van der Waals surface area contributed by atoms with Crippen molar-refractivity contribution in [3.63, 3.8) is 0 Å². The Morgan fingerprint density at radius 2 is 2.33 bits per heavy atom. The lowest BCUT2D eigenvalue weighted by atomic mass is 10.1. The van der Waals surface area contributed by atoms with Gasteiger partial charge in [-0.05, 0) is 25.5 Å². The number of carbonyl (C=O) groups excluding carboxylic acids is 1. The van der Waals surface area contributed by atoms with Gasteiger partial charge in [0.1, 0.15) is 11.6 Å². The highest BCUT2D eigenvalue weighted by Crippen LogP contribution is 2.14. The van der Waals surface area contributed by atoms with Gasteiger partial charge in [-0.2, -0.15) is 5.10 Å². The Hall–Kier alpha value is -1.99. The van der Waals surface area contributed by atoms with Crippen LogP contribution in [0.15, 0.2) is 18.3 Å². The fraction of sp³-hybridized carbons (Fsp3) is 0.500. The van der Waals surface area contributed by atoms with Crippen LogP contribution in [0.4, 0.5) is 5.82 Å². The van der Waals surface area contributed by atoms with Gasteiger partial charge in [0.2, 0.25) is 5.91 Å². The van der Waals surface area contributed by atoms with E-state index in [4.69, 9.17) is 11.6 Å². The molecule has 3 rings (SSSR count). The van der Waals surface area contributed by atoms with Gasteiger partial charge in [-0.3, -0.25) is 4.79 Å². The van der Waals surface area contributed by atoms with Crippen LogP contribution in [0.25, 0.3) is 0 Å². The topological polar surface area (TPSA) is 84.7 Å². The van der Waals surface area contributed by atoms with E-state index in [-0.39, 0.29) is 18.0 Å². The molecule has 0 aliphatic carbocycles. The molecule has 1 amide bonds. The van der Waals surface area contributed by atoms with E-state index in [1.165, 1.54) is 6.20 Å². The van der Waals surface area contributed by atoms with Crippen LogP contribution in [0.1, 0.15) is 31.9 Å². The Labute approximate surface area is 145 Å². The number of amides is 1. The molecule has 0 fully saturated rings. The van der Waals surface area contributed by atoms with Crippen LogP contribution in [-0.4, -0.2) is 37.7 Å². The summed E-state index contributed by atoms with van der Waals surface area (Å²) in [5.74, 6) is 2.29. The maximum atomic E-state index is 12.3. The van der Waals surface area contributed by atoms with Crippen molar-refractivity contribution < 1.29 is 4.79 Å². The summed E-state index contributed by atoms with van der Waals surface area (Å²) in [6, 6.07) is 3.24. The number of aryl methyl sites for hydroxylation is 2. The average Bonchev–Trinajstić information content (AvgIpc) is 2.99. The third-order valence-electron chi connectivity index (χ3n) is 4.08. The first-order valence-corrected chi connectivity index (χ1v) is 8.54. The standard InChI is InChI=1S/C16H21ClN6O/c1-3-13-20-15-7-5-12(9-23(15)22-13)19-10(2)16(24)21-14-6-4-11(17)8-18-14/h4,6,8,10,12,19H,3,5,7,9H2,1-2H3,(H,18,21,24). The number of fused-ring (bicyclic) bond motifs is 1. The number of hydrogen-bond donors (Lipinski definition) is 2. The predicted molar refractivity (Wildman–Crippen MR) is 92.0 cm³/mol. The molecule has 2 aromatic rings. The van der Waals surface area contributed by atoms with Crippen molar-refractivity contribution in [1.29, 1.82) is 0 Å². The summed E-state index contributed by atoms with van der Waals surface area (Å²) in [7, 11) is 0. The molecule has 2 atom stereocenters. The molecule has 2 aromatic heterocycles. The third kappa shape index (κ3) is 3.91. The van der Waals surface area contributed by atoms with Crippen molar-refractivity contribution in [1.82, 2.24) is 25.1 Å². The van der Waals surface area contributed by atoms with E-state index < -0.39 is 0 Å². The minimum absolute atomic E-state index is 0.122. The molecule has 0 radical (unpaired) electrons. The lowest BCUT2D eigenvalue weighted by Crippen LogP contribution is -2.47. The van der Waals surface area contributed by atoms with E-state index in [1.54, 1.807) is 12.1 Å². The molecule has 0 saturated heterocycles. The summed E-state index contributed by atoms with van der Waals surface area (Å²) >= 11 is 5.79. The van der Waals surface area contributed by atoms with Gasteiger partial charge in [0, 0.05) is 25.1 Å². The predicted octanol–water partition coefficient (Wildman–Crippen LogP) is 1.82. The summed E-state index contributed by atoms with van der Waals surface area (Å²) in [6.45, 7) is 4.63. The first-order chi connectivity index (χ1) is 11.5. The summed E-state index contributed by atoms with van der Waals surface area (Å²) in [5.41, 5.74) is 0. The first-order valence-electron chi connectivity index (χ1n) is 8.16. The molecule has 8 heteroatoms. The van der Waals surface area contributed by atoms with Gasteiger partial charge >= 0.3 is 0 Å².